The van der Waals surface area contributed by atoms with Crippen molar-refractivity contribution in [3.63, 3.8) is 0 Å². The Morgan fingerprint density at radius 1 is 1.47 bits per heavy atom. The average Bonchev–Trinajstić information content (AvgIpc) is 2.26. The van der Waals surface area contributed by atoms with E-state index in [-0.39, 0.29) is 6.61 Å². The van der Waals surface area contributed by atoms with Crippen molar-refractivity contribution in [2.45, 2.75) is 19.9 Å². The maximum absolute atomic E-state index is 11.3. The van der Waals surface area contributed by atoms with Crippen molar-refractivity contribution in [2.75, 3.05) is 6.61 Å². The monoisotopic (exact) mass is 237 g/mol. The molecule has 0 aliphatic heterocycles. The fourth-order valence-electron chi connectivity index (χ4n) is 1.20. The van der Waals surface area contributed by atoms with E-state index < -0.39 is 17.9 Å². The summed E-state index contributed by atoms with van der Waals surface area (Å²) in [6.45, 7) is 3.12. The first-order chi connectivity index (χ1) is 7.99. The zero-order valence-corrected chi connectivity index (χ0v) is 9.77. The maximum Gasteiger partial charge on any atom is 0.325 e. The van der Waals surface area contributed by atoms with Crippen molar-refractivity contribution in [1.29, 1.82) is 0 Å². The Morgan fingerprint density at radius 3 is 2.76 bits per heavy atom. The Hall–Kier alpha value is -2.04. The number of ether oxygens (including phenoxy) is 1. The van der Waals surface area contributed by atoms with Gasteiger partial charge in [-0.3, -0.25) is 9.59 Å². The van der Waals surface area contributed by atoms with Gasteiger partial charge in [0.05, 0.1) is 0 Å². The van der Waals surface area contributed by atoms with Gasteiger partial charge in [0.1, 0.15) is 11.8 Å². The van der Waals surface area contributed by atoms with Crippen molar-refractivity contribution < 1.29 is 19.4 Å². The van der Waals surface area contributed by atoms with Crippen LogP contribution in [0.15, 0.2) is 24.3 Å². The van der Waals surface area contributed by atoms with Crippen LogP contribution in [-0.2, 0) is 9.59 Å². The van der Waals surface area contributed by atoms with Crippen LogP contribution in [0.25, 0.3) is 0 Å². The van der Waals surface area contributed by atoms with Gasteiger partial charge in [0, 0.05) is 0 Å². The van der Waals surface area contributed by atoms with Gasteiger partial charge in [-0.1, -0.05) is 12.1 Å². The number of carboxylic acid groups (broad SMARTS) is 1. The number of nitrogens with one attached hydrogen (secondary N) is 1. The van der Waals surface area contributed by atoms with Gasteiger partial charge in [-0.2, -0.15) is 0 Å². The molecule has 0 fully saturated rings. The van der Waals surface area contributed by atoms with Crippen LogP contribution < -0.4 is 10.1 Å². The van der Waals surface area contributed by atoms with E-state index in [1.54, 1.807) is 12.1 Å². The Morgan fingerprint density at radius 2 is 2.18 bits per heavy atom. The zero-order chi connectivity index (χ0) is 12.8. The molecular formula is C12H15NO4. The van der Waals surface area contributed by atoms with Crippen LogP contribution in [0.4, 0.5) is 0 Å². The molecule has 1 amide bonds. The fourth-order valence-corrected chi connectivity index (χ4v) is 1.20. The Labute approximate surface area is 99.4 Å². The molecular weight excluding hydrogens is 222 g/mol. The Kier molecular flexibility index (Phi) is 4.51. The van der Waals surface area contributed by atoms with Gasteiger partial charge in [-0.15, -0.1) is 0 Å². The van der Waals surface area contributed by atoms with E-state index in [0.717, 1.165) is 5.56 Å². The summed E-state index contributed by atoms with van der Waals surface area (Å²) < 4.78 is 5.22. The number of carbonyl (C=O) groups excluding carboxylic acids is 1. The maximum atomic E-state index is 11.3. The average molecular weight is 237 g/mol. The molecule has 2 N–H and O–H groups in total. The quantitative estimate of drug-likeness (QED) is 0.799. The van der Waals surface area contributed by atoms with E-state index in [9.17, 15) is 9.59 Å². The summed E-state index contributed by atoms with van der Waals surface area (Å²) in [5.41, 5.74) is 1.03. The van der Waals surface area contributed by atoms with E-state index in [1.807, 2.05) is 19.1 Å². The Balaban J connectivity index is 2.41. The van der Waals surface area contributed by atoms with Crippen molar-refractivity contribution in [3.05, 3.63) is 29.8 Å². The summed E-state index contributed by atoms with van der Waals surface area (Å²) in [4.78, 5) is 21.8. The van der Waals surface area contributed by atoms with Crippen molar-refractivity contribution in [2.24, 2.45) is 0 Å². The summed E-state index contributed by atoms with van der Waals surface area (Å²) in [5.74, 6) is -0.946. The molecule has 1 aromatic carbocycles. The summed E-state index contributed by atoms with van der Waals surface area (Å²) in [6.07, 6.45) is 0. The smallest absolute Gasteiger partial charge is 0.325 e. The normalized spacial score (nSPS) is 11.6. The number of benzene rings is 1. The number of rotatable bonds is 5. The number of carbonyl (C=O) groups is 2. The third kappa shape index (κ3) is 4.55. The van der Waals surface area contributed by atoms with Crippen molar-refractivity contribution in [3.8, 4) is 5.75 Å². The molecule has 0 heterocycles. The fraction of sp³-hybridized carbons (Fsp3) is 0.333. The predicted molar refractivity (Wildman–Crippen MR) is 61.9 cm³/mol. The minimum absolute atomic E-state index is 0.193. The third-order valence-corrected chi connectivity index (χ3v) is 2.11. The molecule has 17 heavy (non-hydrogen) atoms. The molecule has 0 bridgehead atoms. The standard InChI is InChI=1S/C12H15NO4/c1-8-4-3-5-10(6-8)17-7-11(14)13-9(2)12(15)16/h3-6,9H,7H2,1-2H3,(H,13,14)(H,15,16)/t9-/m0/s1. The summed E-state index contributed by atoms with van der Waals surface area (Å²) in [6, 6.07) is 6.36. The molecule has 0 aliphatic rings. The van der Waals surface area contributed by atoms with Gasteiger partial charge in [-0.25, -0.2) is 0 Å². The highest BCUT2D eigenvalue weighted by atomic mass is 16.5. The zero-order valence-electron chi connectivity index (χ0n) is 9.77. The molecule has 92 valence electrons. The largest absolute Gasteiger partial charge is 0.484 e. The number of hydrogen-bond acceptors (Lipinski definition) is 3. The van der Waals surface area contributed by atoms with Gasteiger partial charge < -0.3 is 15.2 Å². The number of hydrogen-bond donors (Lipinski definition) is 2. The minimum atomic E-state index is -1.08. The molecule has 5 nitrogen and oxygen atoms in total. The van der Waals surface area contributed by atoms with Crippen molar-refractivity contribution >= 4 is 11.9 Å². The lowest BCUT2D eigenvalue weighted by molar-refractivity contribution is -0.141. The number of aliphatic carboxylic acids is 1. The molecule has 1 aromatic rings. The second-order valence-electron chi connectivity index (χ2n) is 3.73. The van der Waals surface area contributed by atoms with E-state index >= 15 is 0 Å². The summed E-state index contributed by atoms with van der Waals surface area (Å²) >= 11 is 0. The molecule has 0 radical (unpaired) electrons. The van der Waals surface area contributed by atoms with E-state index in [2.05, 4.69) is 5.32 Å². The lowest BCUT2D eigenvalue weighted by atomic mass is 10.2. The molecule has 1 atom stereocenters. The van der Waals surface area contributed by atoms with Gasteiger partial charge in [0.2, 0.25) is 0 Å². The molecule has 0 saturated heterocycles. The molecule has 0 aromatic heterocycles. The van der Waals surface area contributed by atoms with Crippen LogP contribution in [-0.4, -0.2) is 29.6 Å². The highest BCUT2D eigenvalue weighted by molar-refractivity contribution is 5.84. The second-order valence-corrected chi connectivity index (χ2v) is 3.73. The predicted octanol–water partition coefficient (Wildman–Crippen LogP) is 0.963. The first kappa shape index (κ1) is 13.0. The van der Waals surface area contributed by atoms with Gasteiger partial charge in [0.15, 0.2) is 6.61 Å². The van der Waals surface area contributed by atoms with Crippen LogP contribution in [0.2, 0.25) is 0 Å². The number of aryl methyl sites for hydroxylation is 1. The Bertz CT molecular complexity index is 417. The molecule has 1 rings (SSSR count). The summed E-state index contributed by atoms with van der Waals surface area (Å²) in [7, 11) is 0. The number of amides is 1. The van der Waals surface area contributed by atoms with Crippen molar-refractivity contribution in [1.82, 2.24) is 5.32 Å². The molecule has 0 unspecified atom stereocenters. The topological polar surface area (TPSA) is 75.6 Å². The first-order valence-electron chi connectivity index (χ1n) is 5.20. The van der Waals surface area contributed by atoms with Gasteiger partial charge in [0.25, 0.3) is 5.91 Å². The minimum Gasteiger partial charge on any atom is -0.484 e. The highest BCUT2D eigenvalue weighted by Crippen LogP contribution is 2.11. The third-order valence-electron chi connectivity index (χ3n) is 2.11. The lowest BCUT2D eigenvalue weighted by Gasteiger charge is -2.10. The van der Waals surface area contributed by atoms with Gasteiger partial charge in [-0.05, 0) is 31.5 Å². The van der Waals surface area contributed by atoms with E-state index in [4.69, 9.17) is 9.84 Å². The van der Waals surface area contributed by atoms with Crippen LogP contribution in [0.5, 0.6) is 5.75 Å². The van der Waals surface area contributed by atoms with E-state index in [0.29, 0.717) is 5.75 Å². The molecule has 5 heteroatoms. The van der Waals surface area contributed by atoms with Crippen LogP contribution in [0.3, 0.4) is 0 Å². The van der Waals surface area contributed by atoms with E-state index in [1.165, 1.54) is 6.92 Å². The number of carboxylic acids is 1. The SMILES string of the molecule is Cc1cccc(OCC(=O)N[C@@H](C)C(=O)O)c1. The lowest BCUT2D eigenvalue weighted by Crippen LogP contribution is -2.40. The van der Waals surface area contributed by atoms with Crippen LogP contribution in [0, 0.1) is 6.92 Å². The second kappa shape index (κ2) is 5.89. The first-order valence-corrected chi connectivity index (χ1v) is 5.20. The highest BCUT2D eigenvalue weighted by Gasteiger charge is 2.13. The van der Waals surface area contributed by atoms with Crippen LogP contribution in [0.1, 0.15) is 12.5 Å². The molecule has 0 saturated carbocycles. The molecule has 0 aliphatic carbocycles. The molecule has 0 spiro atoms. The summed E-state index contributed by atoms with van der Waals surface area (Å²) in [5, 5.41) is 10.9. The van der Waals surface area contributed by atoms with Crippen LogP contribution >= 0.6 is 0 Å². The van der Waals surface area contributed by atoms with Gasteiger partial charge >= 0.3 is 5.97 Å².